The molecule has 0 aromatic rings. The quantitative estimate of drug-likeness (QED) is 0.0206. The zero-order valence-corrected chi connectivity index (χ0v) is 35.1. The van der Waals surface area contributed by atoms with E-state index in [1.54, 1.807) is 0 Å². The Hall–Kier alpha value is -3.67. The van der Waals surface area contributed by atoms with E-state index in [0.29, 0.717) is 19.3 Å². The molecule has 0 saturated heterocycles. The van der Waals surface area contributed by atoms with E-state index in [2.05, 4.69) is 75.5 Å². The van der Waals surface area contributed by atoms with Crippen LogP contribution in [-0.2, 0) is 28.6 Å². The number of allylic oxidation sites excluding steroid dienone is 16. The average Bonchev–Trinajstić information content (AvgIpc) is 3.18. The molecule has 310 valence electrons. The van der Waals surface area contributed by atoms with E-state index in [0.717, 1.165) is 109 Å². The lowest BCUT2D eigenvalue weighted by molar-refractivity contribution is -0.167. The van der Waals surface area contributed by atoms with Crippen LogP contribution in [0, 0.1) is 0 Å². The van der Waals surface area contributed by atoms with Crippen molar-refractivity contribution in [2.24, 2.45) is 0 Å². The molecular formula is C49H78O6. The highest BCUT2D eigenvalue weighted by Crippen LogP contribution is 2.12. The lowest BCUT2D eigenvalue weighted by Crippen LogP contribution is -2.30. The van der Waals surface area contributed by atoms with Crippen LogP contribution < -0.4 is 0 Å². The second-order valence-corrected chi connectivity index (χ2v) is 14.0. The summed E-state index contributed by atoms with van der Waals surface area (Å²) < 4.78 is 16.6. The Morgan fingerprint density at radius 1 is 0.382 bits per heavy atom. The third-order valence-electron chi connectivity index (χ3n) is 8.71. The average molecular weight is 763 g/mol. The molecule has 0 rings (SSSR count). The van der Waals surface area contributed by atoms with Gasteiger partial charge < -0.3 is 14.2 Å². The molecule has 0 aromatic heterocycles. The predicted molar refractivity (Wildman–Crippen MR) is 233 cm³/mol. The first-order chi connectivity index (χ1) is 27.0. The van der Waals surface area contributed by atoms with E-state index in [1.807, 2.05) is 42.5 Å². The molecule has 0 saturated carbocycles. The molecule has 0 radical (unpaired) electrons. The van der Waals surface area contributed by atoms with Gasteiger partial charge in [-0.25, -0.2) is 0 Å². The Labute approximate surface area is 337 Å². The Bertz CT molecular complexity index is 1150. The third-order valence-corrected chi connectivity index (χ3v) is 8.71. The zero-order valence-electron chi connectivity index (χ0n) is 35.1. The summed E-state index contributed by atoms with van der Waals surface area (Å²) in [5.74, 6) is -0.989. The van der Waals surface area contributed by atoms with Crippen molar-refractivity contribution < 1.29 is 28.6 Å². The first-order valence-electron chi connectivity index (χ1n) is 21.8. The molecule has 0 amide bonds. The maximum absolute atomic E-state index is 12.7. The van der Waals surface area contributed by atoms with E-state index in [4.69, 9.17) is 14.2 Å². The second kappa shape index (κ2) is 43.1. The summed E-state index contributed by atoms with van der Waals surface area (Å²) in [4.78, 5) is 37.7. The van der Waals surface area contributed by atoms with Crippen LogP contribution in [0.3, 0.4) is 0 Å². The highest BCUT2D eigenvalue weighted by molar-refractivity contribution is 5.71. The van der Waals surface area contributed by atoms with Gasteiger partial charge in [0.25, 0.3) is 0 Å². The summed E-state index contributed by atoms with van der Waals surface area (Å²) in [6, 6.07) is 0. The Balaban J connectivity index is 4.52. The lowest BCUT2D eigenvalue weighted by Gasteiger charge is -2.18. The molecule has 0 fully saturated rings. The topological polar surface area (TPSA) is 78.9 Å². The summed E-state index contributed by atoms with van der Waals surface area (Å²) in [5.41, 5.74) is 0. The van der Waals surface area contributed by atoms with Gasteiger partial charge in [0, 0.05) is 19.3 Å². The van der Waals surface area contributed by atoms with Crippen LogP contribution >= 0.6 is 0 Å². The molecule has 0 N–H and O–H groups in total. The van der Waals surface area contributed by atoms with Crippen LogP contribution in [0.25, 0.3) is 0 Å². The van der Waals surface area contributed by atoms with Gasteiger partial charge in [0.1, 0.15) is 13.2 Å². The molecule has 0 aliphatic carbocycles. The Kier molecular flexibility index (Phi) is 40.2. The molecule has 0 aromatic carbocycles. The van der Waals surface area contributed by atoms with Gasteiger partial charge in [0.15, 0.2) is 6.10 Å². The molecule has 0 spiro atoms. The van der Waals surface area contributed by atoms with Gasteiger partial charge in [-0.15, -0.1) is 0 Å². The minimum absolute atomic E-state index is 0.105. The van der Waals surface area contributed by atoms with Crippen molar-refractivity contribution in [3.05, 3.63) is 97.2 Å². The largest absolute Gasteiger partial charge is 0.462 e. The smallest absolute Gasteiger partial charge is 0.306 e. The van der Waals surface area contributed by atoms with Crippen LogP contribution in [0.1, 0.15) is 175 Å². The van der Waals surface area contributed by atoms with Crippen LogP contribution in [-0.4, -0.2) is 37.2 Å². The maximum Gasteiger partial charge on any atom is 0.306 e. The monoisotopic (exact) mass is 763 g/mol. The molecule has 0 aliphatic heterocycles. The summed E-state index contributed by atoms with van der Waals surface area (Å²) in [5, 5.41) is 0. The summed E-state index contributed by atoms with van der Waals surface area (Å²) >= 11 is 0. The van der Waals surface area contributed by atoms with Crippen molar-refractivity contribution in [2.75, 3.05) is 13.2 Å². The highest BCUT2D eigenvalue weighted by atomic mass is 16.6. The summed E-state index contributed by atoms with van der Waals surface area (Å²) in [6.45, 7) is 6.23. The van der Waals surface area contributed by atoms with Crippen LogP contribution in [0.15, 0.2) is 97.2 Å². The fourth-order valence-corrected chi connectivity index (χ4v) is 5.43. The van der Waals surface area contributed by atoms with E-state index < -0.39 is 6.10 Å². The van der Waals surface area contributed by atoms with Crippen molar-refractivity contribution in [3.8, 4) is 0 Å². The van der Waals surface area contributed by atoms with Crippen LogP contribution in [0.5, 0.6) is 0 Å². The highest BCUT2D eigenvalue weighted by Gasteiger charge is 2.19. The first-order valence-corrected chi connectivity index (χ1v) is 21.8. The molecule has 6 heteroatoms. The molecular weight excluding hydrogens is 685 g/mol. The fourth-order valence-electron chi connectivity index (χ4n) is 5.43. The Morgan fingerprint density at radius 3 is 1.18 bits per heavy atom. The minimum Gasteiger partial charge on any atom is -0.462 e. The van der Waals surface area contributed by atoms with Gasteiger partial charge >= 0.3 is 17.9 Å². The van der Waals surface area contributed by atoms with Gasteiger partial charge in [0.05, 0.1) is 0 Å². The van der Waals surface area contributed by atoms with E-state index >= 15 is 0 Å². The number of hydrogen-bond donors (Lipinski definition) is 0. The number of hydrogen-bond acceptors (Lipinski definition) is 6. The number of ether oxygens (including phenoxy) is 3. The molecule has 1 atom stereocenters. The lowest BCUT2D eigenvalue weighted by atomic mass is 10.1. The fraction of sp³-hybridized carbons (Fsp3) is 0.612. The van der Waals surface area contributed by atoms with Gasteiger partial charge in [-0.2, -0.15) is 0 Å². The second-order valence-electron chi connectivity index (χ2n) is 14.0. The van der Waals surface area contributed by atoms with E-state index in [9.17, 15) is 14.4 Å². The van der Waals surface area contributed by atoms with Crippen LogP contribution in [0.4, 0.5) is 0 Å². The van der Waals surface area contributed by atoms with E-state index in [-0.39, 0.29) is 31.1 Å². The number of carbonyl (C=O) groups excluding carboxylic acids is 3. The number of carbonyl (C=O) groups is 3. The van der Waals surface area contributed by atoms with Gasteiger partial charge in [-0.3, -0.25) is 14.4 Å². The zero-order chi connectivity index (χ0) is 40.1. The van der Waals surface area contributed by atoms with Gasteiger partial charge in [-0.1, -0.05) is 176 Å². The number of esters is 3. The maximum atomic E-state index is 12.7. The van der Waals surface area contributed by atoms with E-state index in [1.165, 1.54) is 25.7 Å². The SMILES string of the molecule is CC\C=C/C=C\C=C/C=C\CCCCCC(=O)OCC(COC(=O)CCCCCCC/C=C\CCCC)OC(=O)CCCCCCC\C=C/C=C\C=C/CC. The van der Waals surface area contributed by atoms with Crippen molar-refractivity contribution >= 4 is 17.9 Å². The molecule has 1 unspecified atom stereocenters. The van der Waals surface area contributed by atoms with Crippen molar-refractivity contribution in [1.29, 1.82) is 0 Å². The summed E-state index contributed by atoms with van der Waals surface area (Å²) in [7, 11) is 0. The van der Waals surface area contributed by atoms with Crippen molar-refractivity contribution in [1.82, 2.24) is 0 Å². The normalized spacial score (nSPS) is 13.0. The molecule has 6 nitrogen and oxygen atoms in total. The minimum atomic E-state index is -0.806. The molecule has 0 heterocycles. The van der Waals surface area contributed by atoms with Gasteiger partial charge in [0.2, 0.25) is 0 Å². The predicted octanol–water partition coefficient (Wildman–Crippen LogP) is 13.9. The van der Waals surface area contributed by atoms with Gasteiger partial charge in [-0.05, 0) is 77.0 Å². The van der Waals surface area contributed by atoms with Crippen LogP contribution in [0.2, 0.25) is 0 Å². The number of unbranched alkanes of at least 4 members (excludes halogenated alkanes) is 15. The Morgan fingerprint density at radius 2 is 0.727 bits per heavy atom. The van der Waals surface area contributed by atoms with Crippen molar-refractivity contribution in [3.63, 3.8) is 0 Å². The summed E-state index contributed by atoms with van der Waals surface area (Å²) in [6.07, 6.45) is 55.3. The van der Waals surface area contributed by atoms with Crippen molar-refractivity contribution in [2.45, 2.75) is 181 Å². The third kappa shape index (κ3) is 41.3. The first kappa shape index (κ1) is 51.3. The number of rotatable bonds is 37. The molecule has 0 bridgehead atoms. The molecule has 55 heavy (non-hydrogen) atoms. The molecule has 0 aliphatic rings. The standard InChI is InChI=1S/C49H78O6/c1-4-7-10-13-16-19-22-24-27-30-33-36-39-42-48(51)54-45-46(44-53-47(50)41-38-35-32-29-26-21-18-15-12-9-6-3)55-49(52)43-40-37-34-31-28-25-23-20-17-14-11-8-5-2/h7-8,10-11,13-20,22-24,27,46H,4-6,9,12,21,25-26,28-45H2,1-3H3/b10-7-,11-8-,16-13-,17-14-,18-15-,22-19-,23-20-,27-24-.